The standard InChI is InChI=1S/C21H25N3O7S/c1-15-4-7-18(8-5-15)32(28,29)24(14-17-6-9-19(31-17)20(26)30-3)21(27)23-12-10-22(11-13-23)16(2)25/h4-9H,10-14H2,1-3H3. The summed E-state index contributed by atoms with van der Waals surface area (Å²) in [5.74, 6) is -0.808. The third kappa shape index (κ3) is 4.93. The van der Waals surface area contributed by atoms with Crippen LogP contribution in [0.15, 0.2) is 45.7 Å². The number of hydrogen-bond acceptors (Lipinski definition) is 7. The third-order valence-electron chi connectivity index (χ3n) is 5.17. The van der Waals surface area contributed by atoms with Crippen LogP contribution in [0.3, 0.4) is 0 Å². The zero-order chi connectivity index (χ0) is 23.5. The van der Waals surface area contributed by atoms with Gasteiger partial charge in [-0.25, -0.2) is 22.3 Å². The Hall–Kier alpha value is -3.34. The van der Waals surface area contributed by atoms with Gasteiger partial charge in [0.05, 0.1) is 18.6 Å². The second-order valence-corrected chi connectivity index (χ2v) is 9.22. The number of benzene rings is 1. The number of piperazine rings is 1. The predicted molar refractivity (Wildman–Crippen MR) is 113 cm³/mol. The normalized spacial score (nSPS) is 14.2. The highest BCUT2D eigenvalue weighted by atomic mass is 32.2. The lowest BCUT2D eigenvalue weighted by Gasteiger charge is -2.36. The summed E-state index contributed by atoms with van der Waals surface area (Å²) in [7, 11) is -3.03. The summed E-state index contributed by atoms with van der Waals surface area (Å²) in [6.45, 7) is 3.89. The van der Waals surface area contributed by atoms with Crippen molar-refractivity contribution in [1.82, 2.24) is 14.1 Å². The van der Waals surface area contributed by atoms with Gasteiger partial charge in [0.25, 0.3) is 10.0 Å². The van der Waals surface area contributed by atoms with Gasteiger partial charge in [-0.3, -0.25) is 4.79 Å². The molecule has 1 aromatic carbocycles. The van der Waals surface area contributed by atoms with Crippen LogP contribution in [-0.2, 0) is 26.1 Å². The fraction of sp³-hybridized carbons (Fsp3) is 0.381. The third-order valence-corrected chi connectivity index (χ3v) is 6.90. The first-order chi connectivity index (χ1) is 15.1. The van der Waals surface area contributed by atoms with Crippen molar-refractivity contribution in [3.63, 3.8) is 0 Å². The maximum Gasteiger partial charge on any atom is 0.373 e. The van der Waals surface area contributed by atoms with Crippen LogP contribution < -0.4 is 0 Å². The molecule has 2 heterocycles. The fourth-order valence-corrected chi connectivity index (χ4v) is 4.63. The van der Waals surface area contributed by atoms with Gasteiger partial charge < -0.3 is 19.0 Å². The summed E-state index contributed by atoms with van der Waals surface area (Å²) in [6.07, 6.45) is 0. The molecule has 1 aliphatic heterocycles. The van der Waals surface area contributed by atoms with Crippen molar-refractivity contribution in [2.45, 2.75) is 25.3 Å². The minimum atomic E-state index is -4.23. The topological polar surface area (TPSA) is 117 Å². The van der Waals surface area contributed by atoms with Crippen LogP contribution in [0.5, 0.6) is 0 Å². The molecule has 0 bridgehead atoms. The second kappa shape index (κ2) is 9.43. The molecule has 172 valence electrons. The molecule has 2 aromatic rings. The van der Waals surface area contributed by atoms with Crippen LogP contribution in [0.2, 0.25) is 0 Å². The maximum atomic E-state index is 13.4. The minimum absolute atomic E-state index is 0.0430. The van der Waals surface area contributed by atoms with Crippen LogP contribution in [0.25, 0.3) is 0 Å². The Labute approximate surface area is 186 Å². The van der Waals surface area contributed by atoms with Gasteiger partial charge in [-0.05, 0) is 31.2 Å². The number of amides is 3. The molecule has 1 fully saturated rings. The average molecular weight is 464 g/mol. The molecule has 11 heteroatoms. The molecule has 1 aliphatic rings. The van der Waals surface area contributed by atoms with Gasteiger partial charge in [0, 0.05) is 33.1 Å². The summed E-state index contributed by atoms with van der Waals surface area (Å²) in [6, 6.07) is 8.19. The zero-order valence-electron chi connectivity index (χ0n) is 18.1. The van der Waals surface area contributed by atoms with Gasteiger partial charge in [-0.15, -0.1) is 0 Å². The smallest absolute Gasteiger partial charge is 0.373 e. The number of urea groups is 1. The van der Waals surface area contributed by atoms with Gasteiger partial charge in [-0.1, -0.05) is 17.7 Å². The summed E-state index contributed by atoms with van der Waals surface area (Å²) >= 11 is 0. The first kappa shape index (κ1) is 23.3. The number of carbonyl (C=O) groups is 3. The van der Waals surface area contributed by atoms with Gasteiger partial charge in [-0.2, -0.15) is 0 Å². The van der Waals surface area contributed by atoms with Gasteiger partial charge in [0.2, 0.25) is 11.7 Å². The molecule has 1 saturated heterocycles. The molecular formula is C21H25N3O7S. The lowest BCUT2D eigenvalue weighted by molar-refractivity contribution is -0.130. The van der Waals surface area contributed by atoms with E-state index in [4.69, 9.17) is 4.42 Å². The molecule has 3 amide bonds. The molecule has 3 rings (SSSR count). The second-order valence-electron chi connectivity index (χ2n) is 7.36. The number of sulfonamides is 1. The van der Waals surface area contributed by atoms with Crippen molar-refractivity contribution in [3.8, 4) is 0 Å². The highest BCUT2D eigenvalue weighted by molar-refractivity contribution is 7.89. The first-order valence-electron chi connectivity index (χ1n) is 9.94. The average Bonchev–Trinajstić information content (AvgIpc) is 3.25. The molecule has 0 saturated carbocycles. The SMILES string of the molecule is COC(=O)c1ccc(CN(C(=O)N2CCN(C(C)=O)CC2)S(=O)(=O)c2ccc(C)cc2)o1. The molecule has 32 heavy (non-hydrogen) atoms. The number of aryl methyl sites for hydroxylation is 1. The van der Waals surface area contributed by atoms with E-state index in [9.17, 15) is 22.8 Å². The minimum Gasteiger partial charge on any atom is -0.463 e. The number of nitrogens with zero attached hydrogens (tertiary/aromatic N) is 3. The molecule has 0 atom stereocenters. The van der Waals surface area contributed by atoms with Crippen LogP contribution in [0, 0.1) is 6.92 Å². The number of esters is 1. The largest absolute Gasteiger partial charge is 0.463 e. The highest BCUT2D eigenvalue weighted by Crippen LogP contribution is 2.23. The van der Waals surface area contributed by atoms with Crippen molar-refractivity contribution in [2.75, 3.05) is 33.3 Å². The number of carbonyl (C=O) groups excluding carboxylic acids is 3. The predicted octanol–water partition coefficient (Wildman–Crippen LogP) is 1.85. The van der Waals surface area contributed by atoms with E-state index >= 15 is 0 Å². The Morgan fingerprint density at radius 2 is 1.59 bits per heavy atom. The Balaban J connectivity index is 1.91. The molecule has 0 radical (unpaired) electrons. The fourth-order valence-electron chi connectivity index (χ4n) is 3.28. The van der Waals surface area contributed by atoms with Crippen LogP contribution >= 0.6 is 0 Å². The molecule has 0 N–H and O–H groups in total. The number of furan rings is 1. The van der Waals surface area contributed by atoms with E-state index in [1.54, 1.807) is 17.0 Å². The molecule has 0 aliphatic carbocycles. The summed E-state index contributed by atoms with van der Waals surface area (Å²) < 4.78 is 37.5. The van der Waals surface area contributed by atoms with Crippen LogP contribution in [0.1, 0.15) is 28.8 Å². The molecule has 0 unspecified atom stereocenters. The number of rotatable bonds is 5. The number of ether oxygens (including phenoxy) is 1. The number of methoxy groups -OCH3 is 1. The van der Waals surface area contributed by atoms with Gasteiger partial charge in [0.15, 0.2) is 0 Å². The van der Waals surface area contributed by atoms with Crippen molar-refractivity contribution < 1.29 is 32.0 Å². The van der Waals surface area contributed by atoms with Crippen LogP contribution in [-0.4, -0.2) is 73.7 Å². The van der Waals surface area contributed by atoms with E-state index in [1.807, 2.05) is 6.92 Å². The summed E-state index contributed by atoms with van der Waals surface area (Å²) in [4.78, 5) is 39.5. The van der Waals surface area contributed by atoms with E-state index in [0.717, 1.165) is 9.87 Å². The van der Waals surface area contributed by atoms with E-state index in [0.29, 0.717) is 13.1 Å². The zero-order valence-corrected chi connectivity index (χ0v) is 18.9. The monoisotopic (exact) mass is 463 g/mol. The Morgan fingerprint density at radius 3 is 2.16 bits per heavy atom. The number of hydrogen-bond donors (Lipinski definition) is 0. The van der Waals surface area contributed by atoms with E-state index in [1.165, 1.54) is 43.2 Å². The van der Waals surface area contributed by atoms with Crippen molar-refractivity contribution in [1.29, 1.82) is 0 Å². The Morgan fingerprint density at radius 1 is 1.00 bits per heavy atom. The highest BCUT2D eigenvalue weighted by Gasteiger charge is 2.35. The summed E-state index contributed by atoms with van der Waals surface area (Å²) in [5, 5.41) is 0. The van der Waals surface area contributed by atoms with Gasteiger partial charge >= 0.3 is 12.0 Å². The van der Waals surface area contributed by atoms with E-state index < -0.39 is 28.6 Å². The Kier molecular flexibility index (Phi) is 6.87. The van der Waals surface area contributed by atoms with E-state index in [-0.39, 0.29) is 35.4 Å². The molecule has 1 aromatic heterocycles. The summed E-state index contributed by atoms with van der Waals surface area (Å²) in [5.41, 5.74) is 0.871. The van der Waals surface area contributed by atoms with Crippen molar-refractivity contribution in [2.24, 2.45) is 0 Å². The maximum absolute atomic E-state index is 13.4. The molecular weight excluding hydrogens is 438 g/mol. The lowest BCUT2D eigenvalue weighted by Crippen LogP contribution is -2.54. The molecule has 10 nitrogen and oxygen atoms in total. The van der Waals surface area contributed by atoms with Crippen LogP contribution in [0.4, 0.5) is 4.79 Å². The van der Waals surface area contributed by atoms with Gasteiger partial charge in [0.1, 0.15) is 5.76 Å². The molecule has 0 spiro atoms. The lowest BCUT2D eigenvalue weighted by atomic mass is 10.2. The Bertz CT molecular complexity index is 1100. The first-order valence-corrected chi connectivity index (χ1v) is 11.4. The van der Waals surface area contributed by atoms with Crippen molar-refractivity contribution >= 4 is 27.9 Å². The van der Waals surface area contributed by atoms with Crippen molar-refractivity contribution in [3.05, 3.63) is 53.5 Å². The van der Waals surface area contributed by atoms with E-state index in [2.05, 4.69) is 4.74 Å². The quantitative estimate of drug-likeness (QED) is 0.621.